The van der Waals surface area contributed by atoms with Crippen molar-refractivity contribution in [1.82, 2.24) is 19.9 Å². The van der Waals surface area contributed by atoms with E-state index in [2.05, 4.69) is 35.9 Å². The highest BCUT2D eigenvalue weighted by molar-refractivity contribution is 7.17. The van der Waals surface area contributed by atoms with Crippen LogP contribution in [0, 0.1) is 6.92 Å². The zero-order valence-corrected chi connectivity index (χ0v) is 16.6. The van der Waals surface area contributed by atoms with Gasteiger partial charge < -0.3 is 5.32 Å². The van der Waals surface area contributed by atoms with E-state index in [0.717, 1.165) is 32.9 Å². The van der Waals surface area contributed by atoms with Crippen LogP contribution in [0.4, 0.5) is 21.6 Å². The van der Waals surface area contributed by atoms with E-state index < -0.39 is 0 Å². The Morgan fingerprint density at radius 2 is 2.00 bits per heavy atom. The van der Waals surface area contributed by atoms with Gasteiger partial charge in [-0.1, -0.05) is 6.07 Å². The van der Waals surface area contributed by atoms with Gasteiger partial charge in [-0.25, -0.2) is 24.7 Å². The second kappa shape index (κ2) is 8.28. The molecular formula is C18H17N7OS2. The fourth-order valence-corrected chi connectivity index (χ4v) is 4.10. The topological polar surface area (TPSA) is 105 Å². The molecule has 4 aromatic rings. The first-order valence-electron chi connectivity index (χ1n) is 8.55. The molecule has 4 aromatic heterocycles. The van der Waals surface area contributed by atoms with Gasteiger partial charge in [-0.3, -0.25) is 10.6 Å². The molecule has 28 heavy (non-hydrogen) atoms. The lowest BCUT2D eigenvalue weighted by molar-refractivity contribution is 0.262. The number of carbonyl (C=O) groups is 1. The van der Waals surface area contributed by atoms with Crippen molar-refractivity contribution >= 4 is 55.7 Å². The van der Waals surface area contributed by atoms with E-state index in [-0.39, 0.29) is 6.03 Å². The standard InChI is InChI=1S/C18H17N7OS2/c1-11-2-3-14(20-8-11)24-17(26)25-18-21-9-12(28-18)4-6-19-16-15-13(5-7-27-15)22-10-23-16/h2-3,5,7-10H,4,6H2,1H3,(H,19,22,23)(H2,20,21,24,25,26). The monoisotopic (exact) mass is 411 g/mol. The van der Waals surface area contributed by atoms with Crippen molar-refractivity contribution in [3.8, 4) is 0 Å². The summed E-state index contributed by atoms with van der Waals surface area (Å²) >= 11 is 3.06. The van der Waals surface area contributed by atoms with E-state index >= 15 is 0 Å². The number of hydrogen-bond donors (Lipinski definition) is 3. The van der Waals surface area contributed by atoms with E-state index in [9.17, 15) is 4.79 Å². The largest absolute Gasteiger partial charge is 0.368 e. The number of amides is 2. The molecule has 0 aliphatic heterocycles. The fourth-order valence-electron chi connectivity index (χ4n) is 2.49. The van der Waals surface area contributed by atoms with Gasteiger partial charge in [0.05, 0.1) is 10.2 Å². The smallest absolute Gasteiger partial charge is 0.326 e. The van der Waals surface area contributed by atoms with Crippen LogP contribution in [0.1, 0.15) is 10.4 Å². The maximum atomic E-state index is 12.1. The van der Waals surface area contributed by atoms with Crippen molar-refractivity contribution < 1.29 is 4.79 Å². The van der Waals surface area contributed by atoms with Gasteiger partial charge in [0, 0.05) is 30.2 Å². The minimum Gasteiger partial charge on any atom is -0.368 e. The number of carbonyl (C=O) groups excluding carboxylic acids is 1. The molecule has 0 saturated carbocycles. The third-order valence-corrected chi connectivity index (χ3v) is 5.72. The summed E-state index contributed by atoms with van der Waals surface area (Å²) in [7, 11) is 0. The molecule has 2 amide bonds. The molecule has 0 aliphatic carbocycles. The zero-order valence-electron chi connectivity index (χ0n) is 15.0. The number of thiophene rings is 1. The maximum absolute atomic E-state index is 12.1. The quantitative estimate of drug-likeness (QED) is 0.440. The molecule has 0 aliphatic rings. The Labute approximate surface area is 169 Å². The summed E-state index contributed by atoms with van der Waals surface area (Å²) in [6, 6.07) is 5.26. The van der Waals surface area contributed by atoms with E-state index in [1.165, 1.54) is 11.3 Å². The van der Waals surface area contributed by atoms with Crippen molar-refractivity contribution in [3.63, 3.8) is 0 Å². The molecule has 8 nitrogen and oxygen atoms in total. The predicted molar refractivity (Wildman–Crippen MR) is 113 cm³/mol. The van der Waals surface area contributed by atoms with Crippen LogP contribution >= 0.6 is 22.7 Å². The molecule has 0 bridgehead atoms. The van der Waals surface area contributed by atoms with Crippen LogP contribution in [0.5, 0.6) is 0 Å². The van der Waals surface area contributed by atoms with Crippen LogP contribution in [0.2, 0.25) is 0 Å². The van der Waals surface area contributed by atoms with Gasteiger partial charge in [0.15, 0.2) is 5.13 Å². The van der Waals surface area contributed by atoms with E-state index in [4.69, 9.17) is 0 Å². The molecular weight excluding hydrogens is 394 g/mol. The van der Waals surface area contributed by atoms with Gasteiger partial charge in [0.2, 0.25) is 0 Å². The van der Waals surface area contributed by atoms with Crippen LogP contribution in [0.3, 0.4) is 0 Å². The Morgan fingerprint density at radius 1 is 1.07 bits per heavy atom. The number of fused-ring (bicyclic) bond motifs is 1. The Kier molecular flexibility index (Phi) is 5.40. The van der Waals surface area contributed by atoms with Crippen molar-refractivity contribution in [3.05, 3.63) is 52.7 Å². The van der Waals surface area contributed by atoms with Crippen LogP contribution in [-0.4, -0.2) is 32.5 Å². The molecule has 4 rings (SSSR count). The van der Waals surface area contributed by atoms with Gasteiger partial charge in [-0.05, 0) is 30.0 Å². The lowest BCUT2D eigenvalue weighted by atomic mass is 10.3. The van der Waals surface area contributed by atoms with Gasteiger partial charge in [0.1, 0.15) is 18.0 Å². The molecule has 0 saturated heterocycles. The number of nitrogens with one attached hydrogen (secondary N) is 3. The predicted octanol–water partition coefficient (Wildman–Crippen LogP) is 4.15. The molecule has 4 heterocycles. The molecule has 0 spiro atoms. The SMILES string of the molecule is Cc1ccc(NC(=O)Nc2ncc(CCNc3ncnc4ccsc34)s2)nc1. The van der Waals surface area contributed by atoms with Gasteiger partial charge >= 0.3 is 6.03 Å². The molecule has 0 radical (unpaired) electrons. The molecule has 0 fully saturated rings. The second-order valence-corrected chi connectivity index (χ2v) is 8.00. The third-order valence-electron chi connectivity index (χ3n) is 3.83. The molecule has 10 heteroatoms. The summed E-state index contributed by atoms with van der Waals surface area (Å²) < 4.78 is 1.05. The number of rotatable bonds is 6. The summed E-state index contributed by atoms with van der Waals surface area (Å²) in [5.41, 5.74) is 1.98. The average molecular weight is 412 g/mol. The summed E-state index contributed by atoms with van der Waals surface area (Å²) in [4.78, 5) is 30.1. The van der Waals surface area contributed by atoms with Crippen molar-refractivity contribution in [2.24, 2.45) is 0 Å². The van der Waals surface area contributed by atoms with Crippen LogP contribution in [-0.2, 0) is 6.42 Å². The number of urea groups is 1. The van der Waals surface area contributed by atoms with Gasteiger partial charge in [0.25, 0.3) is 0 Å². The lowest BCUT2D eigenvalue weighted by Crippen LogP contribution is -2.19. The van der Waals surface area contributed by atoms with Crippen LogP contribution < -0.4 is 16.0 Å². The minimum atomic E-state index is -0.364. The van der Waals surface area contributed by atoms with Crippen molar-refractivity contribution in [1.29, 1.82) is 0 Å². The lowest BCUT2D eigenvalue weighted by Gasteiger charge is -2.05. The van der Waals surface area contributed by atoms with E-state index in [0.29, 0.717) is 17.5 Å². The number of hydrogen-bond acceptors (Lipinski definition) is 8. The van der Waals surface area contributed by atoms with Crippen molar-refractivity contribution in [2.45, 2.75) is 13.3 Å². The highest BCUT2D eigenvalue weighted by Crippen LogP contribution is 2.25. The van der Waals surface area contributed by atoms with E-state index in [1.807, 2.05) is 24.4 Å². The average Bonchev–Trinajstić information content (AvgIpc) is 3.33. The van der Waals surface area contributed by atoms with Gasteiger partial charge in [-0.2, -0.15) is 0 Å². The summed E-state index contributed by atoms with van der Waals surface area (Å²) in [5.74, 6) is 1.33. The third kappa shape index (κ3) is 4.41. The highest BCUT2D eigenvalue weighted by Gasteiger charge is 2.08. The van der Waals surface area contributed by atoms with Crippen molar-refractivity contribution in [2.75, 3.05) is 22.5 Å². The highest BCUT2D eigenvalue weighted by atomic mass is 32.1. The van der Waals surface area contributed by atoms with E-state index in [1.54, 1.807) is 36.1 Å². The Balaban J connectivity index is 1.28. The first kappa shape index (κ1) is 18.3. The maximum Gasteiger partial charge on any atom is 0.326 e. The van der Waals surface area contributed by atoms with Gasteiger partial charge in [-0.15, -0.1) is 22.7 Å². The number of thiazole rings is 1. The molecule has 0 atom stereocenters. The minimum absolute atomic E-state index is 0.364. The first-order valence-corrected chi connectivity index (χ1v) is 10.2. The number of aryl methyl sites for hydroxylation is 1. The van der Waals surface area contributed by atoms with Crippen LogP contribution in [0.15, 0.2) is 42.3 Å². The summed E-state index contributed by atoms with van der Waals surface area (Å²) in [5, 5.41) is 11.3. The summed E-state index contributed by atoms with van der Waals surface area (Å²) in [6.45, 7) is 2.65. The first-order chi connectivity index (χ1) is 13.7. The number of pyridine rings is 1. The fraction of sp³-hybridized carbons (Fsp3) is 0.167. The summed E-state index contributed by atoms with van der Waals surface area (Å²) in [6.07, 6.45) is 5.81. The number of anilines is 3. The Hall–Kier alpha value is -3.11. The second-order valence-electron chi connectivity index (χ2n) is 5.97. The zero-order chi connectivity index (χ0) is 19.3. The normalized spacial score (nSPS) is 10.8. The molecule has 3 N–H and O–H groups in total. The molecule has 0 aromatic carbocycles. The Morgan fingerprint density at radius 3 is 2.86 bits per heavy atom. The molecule has 0 unspecified atom stereocenters. The van der Waals surface area contributed by atoms with Crippen LogP contribution in [0.25, 0.3) is 10.2 Å². The Bertz CT molecular complexity index is 1090. The number of nitrogens with zero attached hydrogens (tertiary/aromatic N) is 4. The molecule has 142 valence electrons. The number of aromatic nitrogens is 4.